The summed E-state index contributed by atoms with van der Waals surface area (Å²) in [6.07, 6.45) is 0.822. The van der Waals surface area contributed by atoms with E-state index in [1.807, 2.05) is 62.4 Å². The number of rotatable bonds is 6. The fourth-order valence-electron chi connectivity index (χ4n) is 3.83. The lowest BCUT2D eigenvalue weighted by Gasteiger charge is -2.12. The highest BCUT2D eigenvalue weighted by atomic mass is 16.5. The van der Waals surface area contributed by atoms with Crippen molar-refractivity contribution in [2.45, 2.75) is 32.7 Å². The molecule has 2 heterocycles. The Hall–Kier alpha value is -3.61. The zero-order chi connectivity index (χ0) is 21.3. The summed E-state index contributed by atoms with van der Waals surface area (Å²) in [5, 5.41) is 10.4. The van der Waals surface area contributed by atoms with E-state index in [4.69, 9.17) is 4.74 Å². The van der Waals surface area contributed by atoms with E-state index in [2.05, 4.69) is 15.7 Å². The Labute approximate surface area is 175 Å². The molecular formula is C23H24N4O3. The Morgan fingerprint density at radius 3 is 2.80 bits per heavy atom. The van der Waals surface area contributed by atoms with Crippen LogP contribution < -0.4 is 15.4 Å². The third kappa shape index (κ3) is 3.54. The van der Waals surface area contributed by atoms with Crippen molar-refractivity contribution < 1.29 is 14.3 Å². The van der Waals surface area contributed by atoms with Crippen molar-refractivity contribution >= 4 is 23.3 Å². The Morgan fingerprint density at radius 1 is 1.23 bits per heavy atom. The first-order valence-corrected chi connectivity index (χ1v) is 9.94. The fourth-order valence-corrected chi connectivity index (χ4v) is 3.83. The first-order valence-electron chi connectivity index (χ1n) is 9.94. The van der Waals surface area contributed by atoms with Gasteiger partial charge in [-0.2, -0.15) is 5.10 Å². The minimum atomic E-state index is -0.688. The van der Waals surface area contributed by atoms with Crippen molar-refractivity contribution in [3.8, 4) is 16.9 Å². The van der Waals surface area contributed by atoms with E-state index in [-0.39, 0.29) is 18.2 Å². The van der Waals surface area contributed by atoms with Gasteiger partial charge in [0.15, 0.2) is 0 Å². The Morgan fingerprint density at radius 2 is 2.03 bits per heavy atom. The summed E-state index contributed by atoms with van der Waals surface area (Å²) >= 11 is 0. The number of anilines is 2. The lowest BCUT2D eigenvalue weighted by atomic mass is 10.1. The van der Waals surface area contributed by atoms with Gasteiger partial charge in [-0.3, -0.25) is 9.59 Å². The van der Waals surface area contributed by atoms with Gasteiger partial charge in [-0.05, 0) is 42.7 Å². The van der Waals surface area contributed by atoms with Crippen LogP contribution in [0, 0.1) is 6.92 Å². The third-order valence-corrected chi connectivity index (χ3v) is 5.33. The number of amides is 2. The van der Waals surface area contributed by atoms with Crippen molar-refractivity contribution in [1.82, 2.24) is 9.78 Å². The number of para-hydroxylation sites is 1. The van der Waals surface area contributed by atoms with Crippen LogP contribution >= 0.6 is 0 Å². The number of hydrogen-bond donors (Lipinski definition) is 2. The van der Waals surface area contributed by atoms with Gasteiger partial charge in [-0.25, -0.2) is 4.68 Å². The topological polar surface area (TPSA) is 85.2 Å². The summed E-state index contributed by atoms with van der Waals surface area (Å²) in [5.74, 6) is 0.875. The van der Waals surface area contributed by atoms with Crippen molar-refractivity contribution in [2.24, 2.45) is 0 Å². The van der Waals surface area contributed by atoms with Crippen LogP contribution in [-0.4, -0.2) is 28.7 Å². The van der Waals surface area contributed by atoms with E-state index >= 15 is 0 Å². The number of benzene rings is 2. The third-order valence-electron chi connectivity index (χ3n) is 5.33. The number of methoxy groups -OCH3 is 1. The lowest BCUT2D eigenvalue weighted by molar-refractivity contribution is -0.123. The molecule has 0 fully saturated rings. The smallest absolute Gasteiger partial charge is 0.251 e. The molecule has 30 heavy (non-hydrogen) atoms. The molecule has 0 saturated heterocycles. The van der Waals surface area contributed by atoms with Gasteiger partial charge < -0.3 is 15.4 Å². The molecule has 1 aliphatic rings. The monoisotopic (exact) mass is 404 g/mol. The maximum Gasteiger partial charge on any atom is 0.251 e. The molecule has 3 aromatic rings. The molecule has 4 rings (SSSR count). The van der Waals surface area contributed by atoms with Crippen LogP contribution in [0.4, 0.5) is 11.5 Å². The molecule has 0 spiro atoms. The normalized spacial score (nSPS) is 14.9. The molecule has 7 nitrogen and oxygen atoms in total. The largest absolute Gasteiger partial charge is 0.497 e. The second-order valence-electron chi connectivity index (χ2n) is 7.25. The second-order valence-corrected chi connectivity index (χ2v) is 7.25. The summed E-state index contributed by atoms with van der Waals surface area (Å²) in [7, 11) is 1.61. The maximum atomic E-state index is 12.7. The standard InChI is InChI=1S/C23H24N4O3/c1-4-15-8-5-6-11-18(15)24-20(28)13-19-23(29)25-22-21(14(2)26-27(19)22)16-9-7-10-17(12-16)30-3/h5-12,19H,4,13H2,1-3H3,(H,24,28)(H,25,29). The number of fused-ring (bicyclic) bond motifs is 1. The van der Waals surface area contributed by atoms with Crippen LogP contribution in [-0.2, 0) is 16.0 Å². The van der Waals surface area contributed by atoms with Crippen molar-refractivity contribution in [3.05, 3.63) is 59.8 Å². The Balaban J connectivity index is 1.59. The number of carbonyl (C=O) groups is 2. The number of nitrogens with one attached hydrogen (secondary N) is 2. The predicted molar refractivity (Wildman–Crippen MR) is 116 cm³/mol. The predicted octanol–water partition coefficient (Wildman–Crippen LogP) is 3.95. The summed E-state index contributed by atoms with van der Waals surface area (Å²) in [4.78, 5) is 25.3. The molecule has 2 aromatic carbocycles. The van der Waals surface area contributed by atoms with E-state index in [1.165, 1.54) is 0 Å². The van der Waals surface area contributed by atoms with E-state index in [0.717, 1.165) is 40.2 Å². The number of aromatic nitrogens is 2. The van der Waals surface area contributed by atoms with Crippen molar-refractivity contribution in [3.63, 3.8) is 0 Å². The fraction of sp³-hybridized carbons (Fsp3) is 0.261. The minimum absolute atomic E-state index is 0.00948. The molecule has 1 aromatic heterocycles. The number of nitrogens with zero attached hydrogens (tertiary/aromatic N) is 2. The molecule has 7 heteroatoms. The van der Waals surface area contributed by atoms with Crippen LogP contribution in [0.5, 0.6) is 5.75 Å². The average Bonchev–Trinajstić information content (AvgIpc) is 3.22. The van der Waals surface area contributed by atoms with Crippen molar-refractivity contribution in [1.29, 1.82) is 0 Å². The Bertz CT molecular complexity index is 1120. The summed E-state index contributed by atoms with van der Waals surface area (Å²) in [6.45, 7) is 3.93. The number of carbonyl (C=O) groups excluding carboxylic acids is 2. The van der Waals surface area contributed by atoms with Gasteiger partial charge in [-0.1, -0.05) is 37.3 Å². The lowest BCUT2D eigenvalue weighted by Crippen LogP contribution is -2.24. The van der Waals surface area contributed by atoms with Gasteiger partial charge in [-0.15, -0.1) is 0 Å². The summed E-state index contributed by atoms with van der Waals surface area (Å²) in [5.41, 5.74) is 4.34. The average molecular weight is 404 g/mol. The molecule has 2 N–H and O–H groups in total. The SMILES string of the molecule is CCc1ccccc1NC(=O)CC1C(=O)Nc2c(-c3cccc(OC)c3)c(C)nn21. The van der Waals surface area contributed by atoms with Gasteiger partial charge in [0.2, 0.25) is 5.91 Å². The van der Waals surface area contributed by atoms with Crippen LogP contribution in [0.3, 0.4) is 0 Å². The van der Waals surface area contributed by atoms with E-state index in [1.54, 1.807) is 11.8 Å². The van der Waals surface area contributed by atoms with E-state index in [9.17, 15) is 9.59 Å². The van der Waals surface area contributed by atoms with Gasteiger partial charge in [0.25, 0.3) is 5.91 Å². The van der Waals surface area contributed by atoms with Gasteiger partial charge in [0, 0.05) is 11.3 Å². The maximum absolute atomic E-state index is 12.7. The van der Waals surface area contributed by atoms with Crippen LogP contribution in [0.1, 0.15) is 30.6 Å². The molecule has 154 valence electrons. The molecule has 0 radical (unpaired) electrons. The number of ether oxygens (including phenoxy) is 1. The molecule has 2 amide bonds. The number of aryl methyl sites for hydroxylation is 2. The molecule has 0 saturated carbocycles. The zero-order valence-electron chi connectivity index (χ0n) is 17.2. The molecule has 1 aliphatic heterocycles. The molecule has 0 aliphatic carbocycles. The number of hydrogen-bond acceptors (Lipinski definition) is 4. The van der Waals surface area contributed by atoms with Gasteiger partial charge in [0.1, 0.15) is 17.6 Å². The van der Waals surface area contributed by atoms with E-state index < -0.39 is 6.04 Å². The minimum Gasteiger partial charge on any atom is -0.497 e. The Kier molecular flexibility index (Phi) is 5.27. The molecule has 0 bridgehead atoms. The molecular weight excluding hydrogens is 380 g/mol. The second kappa shape index (κ2) is 8.02. The van der Waals surface area contributed by atoms with Crippen LogP contribution in [0.25, 0.3) is 11.1 Å². The van der Waals surface area contributed by atoms with Gasteiger partial charge >= 0.3 is 0 Å². The zero-order valence-corrected chi connectivity index (χ0v) is 17.2. The molecule has 1 unspecified atom stereocenters. The first-order chi connectivity index (χ1) is 14.5. The van der Waals surface area contributed by atoms with E-state index in [0.29, 0.717) is 5.82 Å². The highest BCUT2D eigenvalue weighted by Crippen LogP contribution is 2.39. The quantitative estimate of drug-likeness (QED) is 0.651. The van der Waals surface area contributed by atoms with Gasteiger partial charge in [0.05, 0.1) is 19.2 Å². The summed E-state index contributed by atoms with van der Waals surface area (Å²) < 4.78 is 6.94. The highest BCUT2D eigenvalue weighted by molar-refractivity contribution is 6.04. The van der Waals surface area contributed by atoms with Crippen LogP contribution in [0.2, 0.25) is 0 Å². The van der Waals surface area contributed by atoms with Crippen molar-refractivity contribution in [2.75, 3.05) is 17.7 Å². The highest BCUT2D eigenvalue weighted by Gasteiger charge is 2.36. The first kappa shape index (κ1) is 19.7. The molecule has 1 atom stereocenters. The van der Waals surface area contributed by atoms with Crippen LogP contribution in [0.15, 0.2) is 48.5 Å². The summed E-state index contributed by atoms with van der Waals surface area (Å²) in [6, 6.07) is 14.6.